The van der Waals surface area contributed by atoms with Crippen LogP contribution >= 0.6 is 23.2 Å². The number of hydrogen-bond acceptors (Lipinski definition) is 4. The minimum absolute atomic E-state index is 0.0366. The monoisotopic (exact) mass is 497 g/mol. The van der Waals surface area contributed by atoms with Gasteiger partial charge in [0, 0.05) is 16.8 Å². The van der Waals surface area contributed by atoms with E-state index in [0.29, 0.717) is 27.0 Å². The third kappa shape index (κ3) is 4.97. The molecule has 12 heteroatoms. The van der Waals surface area contributed by atoms with Crippen LogP contribution in [0.3, 0.4) is 0 Å². The molecule has 0 spiro atoms. The molecule has 0 fully saturated rings. The molecule has 1 atom stereocenters. The molecule has 0 amide bonds. The van der Waals surface area contributed by atoms with Crippen molar-refractivity contribution >= 4 is 23.2 Å². The largest absolute Gasteiger partial charge is 0.416 e. The maximum Gasteiger partial charge on any atom is 0.416 e. The van der Waals surface area contributed by atoms with Crippen LogP contribution in [0.4, 0.5) is 13.2 Å². The van der Waals surface area contributed by atoms with Crippen molar-refractivity contribution in [2.24, 2.45) is 0 Å². The number of para-hydroxylation sites is 1. The zero-order valence-electron chi connectivity index (χ0n) is 16.7. The Bertz CT molecular complexity index is 1330. The number of alkyl halides is 3. The molecule has 0 bridgehead atoms. The first kappa shape index (κ1) is 23.1. The Balaban J connectivity index is 1.71. The number of aliphatic hydroxyl groups is 1. The van der Waals surface area contributed by atoms with Crippen molar-refractivity contribution in [3.8, 4) is 17.1 Å². The minimum atomic E-state index is -4.90. The summed E-state index contributed by atoms with van der Waals surface area (Å²) in [6.07, 6.45) is -4.49. The predicted molar refractivity (Wildman–Crippen MR) is 117 cm³/mol. The van der Waals surface area contributed by atoms with Gasteiger partial charge in [0.2, 0.25) is 0 Å². The van der Waals surface area contributed by atoms with Crippen LogP contribution in [-0.2, 0) is 13.1 Å². The lowest BCUT2D eigenvalue weighted by molar-refractivity contribution is -0.207. The van der Waals surface area contributed by atoms with Gasteiger partial charge in [0.05, 0.1) is 35.8 Å². The minimum Gasteiger partial charge on any atom is -0.382 e. The van der Waals surface area contributed by atoms with E-state index in [1.54, 1.807) is 35.0 Å². The van der Waals surface area contributed by atoms with Crippen molar-refractivity contribution in [3.05, 3.63) is 87.3 Å². The van der Waals surface area contributed by atoms with E-state index in [1.807, 2.05) is 0 Å². The number of aliphatic hydroxyl groups excluding tert-OH is 1. The van der Waals surface area contributed by atoms with Gasteiger partial charge < -0.3 is 9.67 Å². The average Bonchev–Trinajstić information content (AvgIpc) is 3.34. The van der Waals surface area contributed by atoms with Crippen LogP contribution in [0.2, 0.25) is 10.0 Å². The fourth-order valence-corrected chi connectivity index (χ4v) is 3.55. The second-order valence-corrected chi connectivity index (χ2v) is 8.01. The summed E-state index contributed by atoms with van der Waals surface area (Å²) in [7, 11) is 0. The van der Waals surface area contributed by atoms with Gasteiger partial charge in [-0.05, 0) is 36.4 Å². The van der Waals surface area contributed by atoms with E-state index >= 15 is 0 Å². The highest BCUT2D eigenvalue weighted by atomic mass is 35.5. The quantitative estimate of drug-likeness (QED) is 0.433. The summed E-state index contributed by atoms with van der Waals surface area (Å²) in [6, 6.07) is 13.2. The molecule has 0 saturated heterocycles. The molecule has 7 nitrogen and oxygen atoms in total. The molecule has 1 N–H and O–H groups in total. The standard InChI is InChI=1S/C21H16Cl2F3N5O2/c22-14-7-5-13(6-8-14)19-28-31(20(33)30(19)11-18(32)21(24,25)26)10-15-9-29(12-27-15)17-4-2-1-3-16(17)23/h1-9,12,18,32H,10-11H2. The normalized spacial score (nSPS) is 12.8. The SMILES string of the molecule is O=c1n(Cc2cn(-c3ccccc3Cl)cn2)nc(-c2ccc(Cl)cc2)n1CC(O)C(F)(F)F. The summed E-state index contributed by atoms with van der Waals surface area (Å²) in [4.78, 5) is 17.2. The molecule has 4 aromatic rings. The van der Waals surface area contributed by atoms with Crippen LogP contribution in [0, 0.1) is 0 Å². The van der Waals surface area contributed by atoms with Crippen LogP contribution in [0.25, 0.3) is 17.1 Å². The van der Waals surface area contributed by atoms with Crippen LogP contribution < -0.4 is 5.69 Å². The van der Waals surface area contributed by atoms with Crippen molar-refractivity contribution < 1.29 is 18.3 Å². The first-order valence-electron chi connectivity index (χ1n) is 9.59. The zero-order chi connectivity index (χ0) is 23.8. The molecule has 33 heavy (non-hydrogen) atoms. The second kappa shape index (κ2) is 9.05. The average molecular weight is 498 g/mol. The summed E-state index contributed by atoms with van der Waals surface area (Å²) in [6.45, 7) is -1.11. The van der Waals surface area contributed by atoms with Crippen molar-refractivity contribution in [2.75, 3.05) is 0 Å². The molecule has 0 aliphatic carbocycles. The Labute approximate surface area is 195 Å². The highest BCUT2D eigenvalue weighted by Gasteiger charge is 2.39. The van der Waals surface area contributed by atoms with Crippen LogP contribution in [0.5, 0.6) is 0 Å². The van der Waals surface area contributed by atoms with Gasteiger partial charge in [0.1, 0.15) is 0 Å². The fraction of sp³-hybridized carbons (Fsp3) is 0.190. The highest BCUT2D eigenvalue weighted by molar-refractivity contribution is 6.32. The molecular weight excluding hydrogens is 482 g/mol. The van der Waals surface area contributed by atoms with E-state index in [1.165, 1.54) is 30.6 Å². The Morgan fingerprint density at radius 3 is 2.42 bits per heavy atom. The topological polar surface area (TPSA) is 77.9 Å². The number of imidazole rings is 1. The summed E-state index contributed by atoms with van der Waals surface area (Å²) in [5.74, 6) is -0.0366. The Kier molecular flexibility index (Phi) is 6.33. The third-order valence-corrected chi connectivity index (χ3v) is 5.41. The van der Waals surface area contributed by atoms with E-state index in [4.69, 9.17) is 23.2 Å². The Morgan fingerprint density at radius 2 is 1.76 bits per heavy atom. The lowest BCUT2D eigenvalue weighted by Crippen LogP contribution is -2.37. The maximum atomic E-state index is 13.0. The Hall–Kier alpha value is -3.08. The van der Waals surface area contributed by atoms with Gasteiger partial charge in [-0.1, -0.05) is 35.3 Å². The molecule has 0 aliphatic rings. The lowest BCUT2D eigenvalue weighted by atomic mass is 10.2. The number of benzene rings is 2. The number of rotatable bonds is 6. The van der Waals surface area contributed by atoms with Gasteiger partial charge in [-0.3, -0.25) is 4.57 Å². The molecule has 0 aliphatic heterocycles. The lowest BCUT2D eigenvalue weighted by Gasteiger charge is -2.15. The second-order valence-electron chi connectivity index (χ2n) is 7.16. The maximum absolute atomic E-state index is 13.0. The number of aromatic nitrogens is 5. The van der Waals surface area contributed by atoms with Crippen LogP contribution in [-0.4, -0.2) is 41.3 Å². The highest BCUT2D eigenvalue weighted by Crippen LogP contribution is 2.24. The van der Waals surface area contributed by atoms with Crippen LogP contribution in [0.15, 0.2) is 65.8 Å². The predicted octanol–water partition coefficient (Wildman–Crippen LogP) is 4.18. The Morgan fingerprint density at radius 1 is 1.06 bits per heavy atom. The summed E-state index contributed by atoms with van der Waals surface area (Å²) < 4.78 is 42.3. The molecule has 1 unspecified atom stereocenters. The molecule has 2 aromatic carbocycles. The van der Waals surface area contributed by atoms with Gasteiger partial charge in [-0.25, -0.2) is 14.5 Å². The van der Waals surface area contributed by atoms with Crippen molar-refractivity contribution in [3.63, 3.8) is 0 Å². The van der Waals surface area contributed by atoms with Crippen molar-refractivity contribution in [1.29, 1.82) is 0 Å². The number of halogens is 5. The van der Waals surface area contributed by atoms with Crippen LogP contribution in [0.1, 0.15) is 5.69 Å². The fourth-order valence-electron chi connectivity index (χ4n) is 3.19. The van der Waals surface area contributed by atoms with Gasteiger partial charge in [0.25, 0.3) is 0 Å². The van der Waals surface area contributed by atoms with Gasteiger partial charge in [-0.15, -0.1) is 5.10 Å². The molecular formula is C21H16Cl2F3N5O2. The van der Waals surface area contributed by atoms with Gasteiger partial charge in [0.15, 0.2) is 11.9 Å². The number of nitrogens with zero attached hydrogens (tertiary/aromatic N) is 5. The molecule has 4 rings (SSSR count). The summed E-state index contributed by atoms with van der Waals surface area (Å²) >= 11 is 12.1. The van der Waals surface area contributed by atoms with E-state index in [2.05, 4.69) is 10.1 Å². The smallest absolute Gasteiger partial charge is 0.382 e. The van der Waals surface area contributed by atoms with E-state index in [0.717, 1.165) is 9.25 Å². The molecule has 0 radical (unpaired) electrons. The number of hydrogen-bond donors (Lipinski definition) is 1. The molecule has 0 saturated carbocycles. The molecule has 2 heterocycles. The molecule has 172 valence electrons. The first-order chi connectivity index (χ1) is 15.6. The van der Waals surface area contributed by atoms with E-state index in [-0.39, 0.29) is 12.4 Å². The first-order valence-corrected chi connectivity index (χ1v) is 10.3. The van der Waals surface area contributed by atoms with Crippen molar-refractivity contribution in [2.45, 2.75) is 25.4 Å². The van der Waals surface area contributed by atoms with Gasteiger partial charge in [-0.2, -0.15) is 13.2 Å². The van der Waals surface area contributed by atoms with Crippen molar-refractivity contribution in [1.82, 2.24) is 23.9 Å². The van der Waals surface area contributed by atoms with E-state index < -0.39 is 24.5 Å². The van der Waals surface area contributed by atoms with E-state index in [9.17, 15) is 23.1 Å². The third-order valence-electron chi connectivity index (χ3n) is 4.84. The molecule has 2 aromatic heterocycles. The summed E-state index contributed by atoms with van der Waals surface area (Å²) in [5, 5.41) is 14.7. The van der Waals surface area contributed by atoms with Gasteiger partial charge >= 0.3 is 11.9 Å². The summed E-state index contributed by atoms with van der Waals surface area (Å²) in [5.41, 5.74) is 0.647. The zero-order valence-corrected chi connectivity index (χ0v) is 18.3.